The third-order valence-corrected chi connectivity index (χ3v) is 6.15. The molecule has 0 bridgehead atoms. The van der Waals surface area contributed by atoms with Crippen molar-refractivity contribution in [1.82, 2.24) is 0 Å². The first-order chi connectivity index (χ1) is 16.7. The molecule has 0 aromatic heterocycles. The summed E-state index contributed by atoms with van der Waals surface area (Å²) in [5, 5.41) is 8.38. The molecule has 0 N–H and O–H groups in total. The Morgan fingerprint density at radius 2 is 1.44 bits per heavy atom. The van der Waals surface area contributed by atoms with E-state index in [2.05, 4.69) is 54.4 Å². The molecule has 0 unspecified atom stereocenters. The van der Waals surface area contributed by atoms with Crippen LogP contribution in [0.1, 0.15) is 81.0 Å². The van der Waals surface area contributed by atoms with Gasteiger partial charge >= 0.3 is 0 Å². The number of nitrogens with zero attached hydrogens (tertiary/aromatic N) is 2. The van der Waals surface area contributed by atoms with Gasteiger partial charge in [-0.1, -0.05) is 107 Å². The van der Waals surface area contributed by atoms with Crippen LogP contribution in [0.3, 0.4) is 0 Å². The lowest BCUT2D eigenvalue weighted by Gasteiger charge is -2.06. The van der Waals surface area contributed by atoms with Crippen molar-refractivity contribution in [2.24, 2.45) is 10.2 Å². The minimum absolute atomic E-state index is 0.248. The predicted octanol–water partition coefficient (Wildman–Crippen LogP) is 8.80. The molecule has 0 radical (unpaired) electrons. The van der Waals surface area contributed by atoms with E-state index < -0.39 is 0 Å². The monoisotopic (exact) mass is 456 g/mol. The van der Waals surface area contributed by atoms with E-state index in [0.717, 1.165) is 24.0 Å². The molecule has 0 aliphatic rings. The van der Waals surface area contributed by atoms with E-state index in [-0.39, 0.29) is 5.82 Å². The summed E-state index contributed by atoms with van der Waals surface area (Å²) >= 11 is 0. The second-order valence-electron chi connectivity index (χ2n) is 8.89. The van der Waals surface area contributed by atoms with Gasteiger partial charge in [0.15, 0.2) is 0 Å². The van der Waals surface area contributed by atoms with Gasteiger partial charge in [-0.15, -0.1) is 0 Å². The molecule has 0 fully saturated rings. The Bertz CT molecular complexity index is 1070. The molecule has 0 spiro atoms. The normalized spacial score (nSPS) is 11.6. The molecular formula is C31H37FN2. The Hall–Kier alpha value is -3.07. The maximum atomic E-state index is 14.8. The molecule has 3 aromatic rings. The van der Waals surface area contributed by atoms with E-state index in [4.69, 9.17) is 0 Å². The van der Waals surface area contributed by atoms with E-state index >= 15 is 0 Å². The largest absolute Gasteiger partial charge is 0.206 e. The van der Waals surface area contributed by atoms with Crippen LogP contribution >= 0.6 is 0 Å². The zero-order chi connectivity index (χ0) is 24.0. The highest BCUT2D eigenvalue weighted by Gasteiger charge is 2.06. The van der Waals surface area contributed by atoms with E-state index in [1.807, 2.05) is 30.3 Å². The van der Waals surface area contributed by atoms with Gasteiger partial charge in [-0.25, -0.2) is 4.39 Å². The van der Waals surface area contributed by atoms with Gasteiger partial charge in [-0.05, 0) is 59.6 Å². The first-order valence-corrected chi connectivity index (χ1v) is 12.7. The summed E-state index contributed by atoms with van der Waals surface area (Å²) in [7, 11) is 0. The fraction of sp³-hybridized carbons (Fsp3) is 0.355. The van der Waals surface area contributed by atoms with Gasteiger partial charge in [0, 0.05) is 5.56 Å². The molecule has 178 valence electrons. The van der Waals surface area contributed by atoms with E-state index in [9.17, 15) is 4.39 Å². The molecule has 0 heterocycles. The van der Waals surface area contributed by atoms with Gasteiger partial charge in [0.2, 0.25) is 0 Å². The molecule has 2 nitrogen and oxygen atoms in total. The number of hydrogen-bond acceptors (Lipinski definition) is 2. The van der Waals surface area contributed by atoms with E-state index in [1.165, 1.54) is 62.1 Å². The van der Waals surface area contributed by atoms with Crippen LogP contribution < -0.4 is 0 Å². The highest BCUT2D eigenvalue weighted by molar-refractivity contribution is 5.84. The summed E-state index contributed by atoms with van der Waals surface area (Å²) in [5.74, 6) is -0.248. The molecule has 0 saturated heterocycles. The highest BCUT2D eigenvalue weighted by Crippen LogP contribution is 2.24. The van der Waals surface area contributed by atoms with Crippen LogP contribution in [0, 0.1) is 5.82 Å². The summed E-state index contributed by atoms with van der Waals surface area (Å²) in [5.41, 5.74) is 5.89. The standard InChI is InChI=1S/C31H37FN2/c1-3-5-7-8-9-13-27-14-10-11-15-29(27)24-34-33-23-26-18-21-30(31(32)22-26)28-19-16-25(17-20-28)12-6-4-2/h10-11,14-24H,3-9,12-13H2,1-2H3. The summed E-state index contributed by atoms with van der Waals surface area (Å²) in [6, 6.07) is 21.7. The van der Waals surface area contributed by atoms with E-state index in [1.54, 1.807) is 12.4 Å². The van der Waals surface area contributed by atoms with Crippen molar-refractivity contribution in [2.75, 3.05) is 0 Å². The zero-order valence-corrected chi connectivity index (χ0v) is 20.6. The Kier molecular flexibility index (Phi) is 10.7. The molecule has 3 aromatic carbocycles. The lowest BCUT2D eigenvalue weighted by atomic mass is 10.0. The Labute approximate surface area is 204 Å². The molecule has 0 amide bonds. The Balaban J connectivity index is 1.60. The van der Waals surface area contributed by atoms with Gasteiger partial charge in [0.1, 0.15) is 5.82 Å². The summed E-state index contributed by atoms with van der Waals surface area (Å²) in [6.07, 6.45) is 14.2. The third-order valence-electron chi connectivity index (χ3n) is 6.15. The van der Waals surface area contributed by atoms with Crippen molar-refractivity contribution in [3.63, 3.8) is 0 Å². The number of rotatable bonds is 13. The SMILES string of the molecule is CCCCCCCc1ccccc1C=NN=Cc1ccc(-c2ccc(CCCC)cc2)c(F)c1. The molecule has 3 heteroatoms. The van der Waals surface area contributed by atoms with Gasteiger partial charge in [0.05, 0.1) is 12.4 Å². The Morgan fingerprint density at radius 1 is 0.706 bits per heavy atom. The van der Waals surface area contributed by atoms with Crippen molar-refractivity contribution < 1.29 is 4.39 Å². The maximum absolute atomic E-state index is 14.8. The first-order valence-electron chi connectivity index (χ1n) is 12.7. The van der Waals surface area contributed by atoms with Crippen LogP contribution in [0.15, 0.2) is 76.9 Å². The zero-order valence-electron chi connectivity index (χ0n) is 20.6. The number of halogens is 1. The topological polar surface area (TPSA) is 24.7 Å². The van der Waals surface area contributed by atoms with Gasteiger partial charge in [0.25, 0.3) is 0 Å². The molecule has 0 saturated carbocycles. The second-order valence-corrected chi connectivity index (χ2v) is 8.89. The van der Waals surface area contributed by atoms with Crippen molar-refractivity contribution in [2.45, 2.75) is 71.6 Å². The minimum atomic E-state index is -0.248. The van der Waals surface area contributed by atoms with Crippen LogP contribution in [0.2, 0.25) is 0 Å². The molecule has 0 atom stereocenters. The molecule has 0 aliphatic carbocycles. The minimum Gasteiger partial charge on any atom is -0.206 e. The molecule has 0 aliphatic heterocycles. The Morgan fingerprint density at radius 3 is 2.21 bits per heavy atom. The average Bonchev–Trinajstić information content (AvgIpc) is 2.86. The quantitative estimate of drug-likeness (QED) is 0.139. The molecular weight excluding hydrogens is 419 g/mol. The van der Waals surface area contributed by atoms with Gasteiger partial charge in [-0.3, -0.25) is 0 Å². The fourth-order valence-corrected chi connectivity index (χ4v) is 4.08. The number of unbranched alkanes of at least 4 members (excludes halogenated alkanes) is 5. The predicted molar refractivity (Wildman–Crippen MR) is 145 cm³/mol. The number of benzene rings is 3. The smallest absolute Gasteiger partial charge is 0.131 e. The summed E-state index contributed by atoms with van der Waals surface area (Å²) in [6.45, 7) is 4.43. The lowest BCUT2D eigenvalue weighted by Crippen LogP contribution is -1.93. The first kappa shape index (κ1) is 25.6. The van der Waals surface area contributed by atoms with Crippen LogP contribution in [0.25, 0.3) is 11.1 Å². The molecule has 34 heavy (non-hydrogen) atoms. The fourth-order valence-electron chi connectivity index (χ4n) is 4.08. The lowest BCUT2D eigenvalue weighted by molar-refractivity contribution is 0.631. The van der Waals surface area contributed by atoms with Crippen LogP contribution in [-0.4, -0.2) is 12.4 Å². The number of aryl methyl sites for hydroxylation is 2. The van der Waals surface area contributed by atoms with Crippen LogP contribution in [0.5, 0.6) is 0 Å². The van der Waals surface area contributed by atoms with Crippen molar-refractivity contribution in [3.8, 4) is 11.1 Å². The van der Waals surface area contributed by atoms with Gasteiger partial charge < -0.3 is 0 Å². The van der Waals surface area contributed by atoms with Gasteiger partial charge in [-0.2, -0.15) is 10.2 Å². The average molecular weight is 457 g/mol. The summed E-state index contributed by atoms with van der Waals surface area (Å²) in [4.78, 5) is 0. The maximum Gasteiger partial charge on any atom is 0.131 e. The third kappa shape index (κ3) is 8.06. The van der Waals surface area contributed by atoms with Crippen molar-refractivity contribution >= 4 is 12.4 Å². The summed E-state index contributed by atoms with van der Waals surface area (Å²) < 4.78 is 14.8. The second kappa shape index (κ2) is 14.2. The molecule has 3 rings (SSSR count). The number of hydrogen-bond donors (Lipinski definition) is 0. The van der Waals surface area contributed by atoms with Crippen LogP contribution in [0.4, 0.5) is 4.39 Å². The van der Waals surface area contributed by atoms with E-state index in [0.29, 0.717) is 11.1 Å². The highest BCUT2D eigenvalue weighted by atomic mass is 19.1. The van der Waals surface area contributed by atoms with Crippen molar-refractivity contribution in [1.29, 1.82) is 0 Å². The van der Waals surface area contributed by atoms with Crippen molar-refractivity contribution in [3.05, 3.63) is 94.8 Å². The van der Waals surface area contributed by atoms with Crippen LogP contribution in [-0.2, 0) is 12.8 Å².